The predicted octanol–water partition coefficient (Wildman–Crippen LogP) is 1.07. The zero-order valence-corrected chi connectivity index (χ0v) is 7.15. The second-order valence-corrected chi connectivity index (χ2v) is 2.86. The molecule has 1 rings (SSSR count). The molecule has 1 aromatic heterocycles. The fourth-order valence-corrected chi connectivity index (χ4v) is 0.847. The van der Waals surface area contributed by atoms with Gasteiger partial charge in [0.05, 0.1) is 0 Å². The Morgan fingerprint density at radius 1 is 1.58 bits per heavy atom. The second kappa shape index (κ2) is 3.30. The summed E-state index contributed by atoms with van der Waals surface area (Å²) in [5.74, 6) is 0.356. The van der Waals surface area contributed by atoms with Gasteiger partial charge in [-0.1, -0.05) is 13.8 Å². The minimum atomic E-state index is 0.0401. The highest BCUT2D eigenvalue weighted by Crippen LogP contribution is 2.11. The topological polar surface area (TPSA) is 74.1 Å². The lowest BCUT2D eigenvalue weighted by Gasteiger charge is -2.17. The van der Waals surface area contributed by atoms with Gasteiger partial charge in [-0.25, -0.2) is 9.97 Å². The lowest BCUT2D eigenvalue weighted by atomic mass is 10.0. The quantitative estimate of drug-likeness (QED) is 0.663. The van der Waals surface area contributed by atoms with Crippen molar-refractivity contribution in [1.29, 1.82) is 0 Å². The van der Waals surface area contributed by atoms with Crippen LogP contribution in [0.15, 0.2) is 12.5 Å². The average molecular weight is 163 g/mol. The van der Waals surface area contributed by atoms with E-state index in [4.69, 9.17) is 5.73 Å². The molecule has 0 aliphatic carbocycles. The Balaban J connectivity index is 3.03. The van der Waals surface area contributed by atoms with Crippen LogP contribution in [-0.2, 0) is 0 Å². The fourth-order valence-electron chi connectivity index (χ4n) is 0.847. The predicted molar refractivity (Wildman–Crippen MR) is 48.8 cm³/mol. The van der Waals surface area contributed by atoms with E-state index in [0.717, 1.165) is 0 Å². The first kappa shape index (κ1) is 8.64. The fraction of sp³-hybridized carbons (Fsp3) is 0.375. The van der Waals surface area contributed by atoms with Crippen molar-refractivity contribution in [2.75, 3.05) is 5.73 Å². The molecule has 0 saturated carbocycles. The molecule has 1 aromatic rings. The standard InChI is InChI=1S/C8H11N4/c1-5(2)7(9)6-3-11-4-12-8(6)10/h3-5H,1-2H3,(H2,10,11,12)/q-1. The summed E-state index contributed by atoms with van der Waals surface area (Å²) >= 11 is 0. The maximum absolute atomic E-state index is 9.54. The van der Waals surface area contributed by atoms with Crippen LogP contribution in [0.25, 0.3) is 5.41 Å². The molecule has 0 aliphatic rings. The van der Waals surface area contributed by atoms with Crippen molar-refractivity contribution in [2.24, 2.45) is 5.92 Å². The molecule has 0 aliphatic heterocycles. The lowest BCUT2D eigenvalue weighted by Crippen LogP contribution is -2.11. The summed E-state index contributed by atoms with van der Waals surface area (Å²) < 4.78 is 0. The van der Waals surface area contributed by atoms with Crippen LogP contribution in [0.4, 0.5) is 5.82 Å². The highest BCUT2D eigenvalue weighted by molar-refractivity contribution is 6.06. The number of nitrogens with zero attached hydrogens (tertiary/aromatic N) is 3. The van der Waals surface area contributed by atoms with E-state index < -0.39 is 0 Å². The molecule has 0 saturated heterocycles. The molecule has 0 spiro atoms. The molecule has 0 bridgehead atoms. The van der Waals surface area contributed by atoms with Crippen LogP contribution in [0.5, 0.6) is 0 Å². The van der Waals surface area contributed by atoms with Gasteiger partial charge in [0.15, 0.2) is 0 Å². The van der Waals surface area contributed by atoms with E-state index in [-0.39, 0.29) is 11.6 Å². The molecule has 1 heterocycles. The van der Waals surface area contributed by atoms with E-state index in [2.05, 4.69) is 9.97 Å². The number of hydrogen-bond donors (Lipinski definition) is 1. The van der Waals surface area contributed by atoms with Crippen LogP contribution >= 0.6 is 0 Å². The molecule has 4 nitrogen and oxygen atoms in total. The Labute approximate surface area is 71.4 Å². The van der Waals surface area contributed by atoms with Gasteiger partial charge in [0.1, 0.15) is 12.1 Å². The van der Waals surface area contributed by atoms with Crippen LogP contribution in [0.1, 0.15) is 19.4 Å². The van der Waals surface area contributed by atoms with Gasteiger partial charge in [-0.3, -0.25) is 0 Å². The highest BCUT2D eigenvalue weighted by Gasteiger charge is 2.02. The average Bonchev–Trinajstić information content (AvgIpc) is 2.04. The molecule has 0 fully saturated rings. The summed E-state index contributed by atoms with van der Waals surface area (Å²) in [6.45, 7) is 3.75. The van der Waals surface area contributed by atoms with Crippen LogP contribution in [0, 0.1) is 5.92 Å². The molecule has 2 N–H and O–H groups in total. The van der Waals surface area contributed by atoms with E-state index in [0.29, 0.717) is 11.4 Å². The number of hydrogen-bond acceptors (Lipinski definition) is 3. The van der Waals surface area contributed by atoms with Crippen LogP contribution in [0.2, 0.25) is 0 Å². The number of nitrogens with two attached hydrogens (primary N) is 1. The Bertz CT molecular complexity index is 293. The monoisotopic (exact) mass is 163 g/mol. The Morgan fingerprint density at radius 2 is 2.25 bits per heavy atom. The van der Waals surface area contributed by atoms with Gasteiger partial charge in [0.25, 0.3) is 0 Å². The van der Waals surface area contributed by atoms with Crippen molar-refractivity contribution in [3.05, 3.63) is 23.5 Å². The van der Waals surface area contributed by atoms with E-state index in [1.54, 1.807) is 0 Å². The normalized spacial score (nSPS) is 10.2. The summed E-state index contributed by atoms with van der Waals surface area (Å²) in [4.78, 5) is 7.55. The first-order valence-electron chi connectivity index (χ1n) is 3.74. The molecule has 4 heteroatoms. The number of anilines is 1. The first-order chi connectivity index (χ1) is 5.63. The zero-order valence-electron chi connectivity index (χ0n) is 7.15. The zero-order chi connectivity index (χ0) is 9.14. The molecular weight excluding hydrogens is 152 g/mol. The maximum atomic E-state index is 9.54. The van der Waals surface area contributed by atoms with E-state index in [1.165, 1.54) is 12.5 Å². The smallest absolute Gasteiger partial charge is 0.132 e. The Hall–Kier alpha value is -1.45. The summed E-state index contributed by atoms with van der Waals surface area (Å²) in [6.07, 6.45) is 2.87. The van der Waals surface area contributed by atoms with Crippen LogP contribution < -0.4 is 5.73 Å². The first-order valence-corrected chi connectivity index (χ1v) is 3.74. The molecule has 0 amide bonds. The largest absolute Gasteiger partial charge is 0.807 e. The maximum Gasteiger partial charge on any atom is 0.132 e. The van der Waals surface area contributed by atoms with Crippen LogP contribution in [0.3, 0.4) is 0 Å². The molecule has 0 aromatic carbocycles. The van der Waals surface area contributed by atoms with Crippen molar-refractivity contribution in [2.45, 2.75) is 13.8 Å². The van der Waals surface area contributed by atoms with Crippen molar-refractivity contribution < 1.29 is 0 Å². The number of aromatic nitrogens is 2. The summed E-state index contributed by atoms with van der Waals surface area (Å²) in [7, 11) is 0. The summed E-state index contributed by atoms with van der Waals surface area (Å²) in [5.41, 5.74) is 6.28. The minimum Gasteiger partial charge on any atom is -0.807 e. The van der Waals surface area contributed by atoms with Gasteiger partial charge in [0.2, 0.25) is 0 Å². The molecule has 64 valence electrons. The summed E-state index contributed by atoms with van der Waals surface area (Å²) in [6, 6.07) is 0. The third kappa shape index (κ3) is 1.58. The minimum absolute atomic E-state index is 0.0401. The second-order valence-electron chi connectivity index (χ2n) is 2.86. The molecule has 0 atom stereocenters. The van der Waals surface area contributed by atoms with E-state index in [9.17, 15) is 5.41 Å². The van der Waals surface area contributed by atoms with E-state index in [1.807, 2.05) is 13.8 Å². The number of nitrogen functional groups attached to an aromatic ring is 1. The lowest BCUT2D eigenvalue weighted by molar-refractivity contribution is 0.894. The van der Waals surface area contributed by atoms with Crippen LogP contribution in [-0.4, -0.2) is 15.7 Å². The third-order valence-electron chi connectivity index (χ3n) is 1.57. The van der Waals surface area contributed by atoms with Crippen molar-refractivity contribution >= 4 is 11.5 Å². The van der Waals surface area contributed by atoms with Crippen molar-refractivity contribution in [3.63, 3.8) is 0 Å². The third-order valence-corrected chi connectivity index (χ3v) is 1.57. The molecule has 0 unspecified atom stereocenters. The van der Waals surface area contributed by atoms with Crippen molar-refractivity contribution in [1.82, 2.24) is 9.97 Å². The van der Waals surface area contributed by atoms with Crippen molar-refractivity contribution in [3.8, 4) is 0 Å². The molecule has 0 radical (unpaired) electrons. The molecule has 12 heavy (non-hydrogen) atoms. The number of rotatable bonds is 2. The van der Waals surface area contributed by atoms with Gasteiger partial charge in [0, 0.05) is 11.8 Å². The highest BCUT2D eigenvalue weighted by atomic mass is 14.9. The van der Waals surface area contributed by atoms with Gasteiger partial charge in [-0.15, -0.1) is 0 Å². The van der Waals surface area contributed by atoms with Gasteiger partial charge >= 0.3 is 0 Å². The Morgan fingerprint density at radius 3 is 2.75 bits per heavy atom. The van der Waals surface area contributed by atoms with Gasteiger partial charge < -0.3 is 11.1 Å². The van der Waals surface area contributed by atoms with Gasteiger partial charge in [-0.2, -0.15) is 5.71 Å². The van der Waals surface area contributed by atoms with Gasteiger partial charge in [-0.05, 0) is 5.92 Å². The Kier molecular flexibility index (Phi) is 2.38. The SMILES string of the molecule is CC(C)C(=[N-])c1cncnc1N. The van der Waals surface area contributed by atoms with E-state index >= 15 is 0 Å². The molecular formula is C8H11N4-. The summed E-state index contributed by atoms with van der Waals surface area (Å²) in [5, 5.41) is 9.54.